The lowest BCUT2D eigenvalue weighted by Gasteiger charge is -2.20. The number of nitrogens with one attached hydrogen (secondary N) is 2. The molecule has 4 aromatic heterocycles. The maximum absolute atomic E-state index is 6.14. The molecule has 53 heavy (non-hydrogen) atoms. The molecule has 0 radical (unpaired) electrons. The van der Waals surface area contributed by atoms with E-state index in [4.69, 9.17) is 33.4 Å². The highest BCUT2D eigenvalue weighted by Gasteiger charge is 2.11. The van der Waals surface area contributed by atoms with Gasteiger partial charge in [-0.3, -0.25) is 0 Å². The Morgan fingerprint density at radius 1 is 0.642 bits per heavy atom. The van der Waals surface area contributed by atoms with Crippen LogP contribution >= 0.6 is 23.2 Å². The highest BCUT2D eigenvalue weighted by Crippen LogP contribution is 2.25. The van der Waals surface area contributed by atoms with Crippen molar-refractivity contribution in [2.45, 2.75) is 66.3 Å². The van der Waals surface area contributed by atoms with Crippen molar-refractivity contribution < 1.29 is 0 Å². The molecule has 0 saturated heterocycles. The van der Waals surface area contributed by atoms with Gasteiger partial charge in [0.1, 0.15) is 11.6 Å². The molecule has 4 heterocycles. The van der Waals surface area contributed by atoms with Gasteiger partial charge in [0, 0.05) is 33.8 Å². The van der Waals surface area contributed by atoms with Gasteiger partial charge in [-0.05, 0) is 120 Å². The average molecular weight is 758 g/mol. The third-order valence-corrected chi connectivity index (χ3v) is 9.94. The number of unbranched alkanes of at least 4 members (excludes halogenated alkanes) is 1. The van der Waals surface area contributed by atoms with Crippen molar-refractivity contribution in [1.29, 1.82) is 0 Å². The standard InChI is InChI=1S/C21H28ClN5.C20H26ClN5/c1-4-26(5-2)13-7-8-16(3)24-20-11-12-21-23-15-19(27(21)25-20)17-9-6-10-18(22)14-17;1-3-25(4-2)13-6-5-12-22-19-10-11-20-23-15-18(26(20)24-19)16-8-7-9-17(21)14-16/h6,9-12,14-16H,4-5,7-8,13H2,1-3H3,(H,24,25);7-11,14-15H,3-6,12-13H2,1-2H3,(H,22,24)/t16-;/m1./s1. The first-order valence-electron chi connectivity index (χ1n) is 19.0. The molecule has 0 amide bonds. The van der Waals surface area contributed by atoms with Crippen molar-refractivity contribution in [3.05, 3.63) is 95.2 Å². The summed E-state index contributed by atoms with van der Waals surface area (Å²) < 4.78 is 3.74. The highest BCUT2D eigenvalue weighted by molar-refractivity contribution is 6.31. The Labute approximate surface area is 324 Å². The second kappa shape index (κ2) is 20.3. The number of halogens is 2. The maximum Gasteiger partial charge on any atom is 0.154 e. The summed E-state index contributed by atoms with van der Waals surface area (Å²) >= 11 is 12.3. The van der Waals surface area contributed by atoms with E-state index in [1.165, 1.54) is 12.8 Å². The van der Waals surface area contributed by atoms with Gasteiger partial charge in [0.25, 0.3) is 0 Å². The Balaban J connectivity index is 0.000000204. The largest absolute Gasteiger partial charge is 0.369 e. The van der Waals surface area contributed by atoms with Crippen LogP contribution in [0, 0.1) is 0 Å². The van der Waals surface area contributed by atoms with Gasteiger partial charge in [0.2, 0.25) is 0 Å². The molecule has 2 N–H and O–H groups in total. The number of benzene rings is 2. The Morgan fingerprint density at radius 3 is 1.68 bits per heavy atom. The second-order valence-corrected chi connectivity index (χ2v) is 14.0. The van der Waals surface area contributed by atoms with Gasteiger partial charge in [-0.25, -0.2) is 19.0 Å². The molecular weight excluding hydrogens is 703 g/mol. The number of fused-ring (bicyclic) bond motifs is 2. The molecule has 1 atom stereocenters. The second-order valence-electron chi connectivity index (χ2n) is 13.2. The van der Waals surface area contributed by atoms with E-state index in [1.54, 1.807) is 0 Å². The van der Waals surface area contributed by atoms with Crippen LogP contribution < -0.4 is 10.6 Å². The van der Waals surface area contributed by atoms with Crippen molar-refractivity contribution in [2.75, 3.05) is 56.4 Å². The highest BCUT2D eigenvalue weighted by atomic mass is 35.5. The predicted molar refractivity (Wildman–Crippen MR) is 222 cm³/mol. The molecule has 2 aromatic carbocycles. The van der Waals surface area contributed by atoms with E-state index in [-0.39, 0.29) is 0 Å². The topological polar surface area (TPSA) is 90.9 Å². The van der Waals surface area contributed by atoms with Gasteiger partial charge < -0.3 is 20.4 Å². The Kier molecular flexibility index (Phi) is 15.3. The van der Waals surface area contributed by atoms with E-state index >= 15 is 0 Å². The molecule has 0 saturated carbocycles. The zero-order valence-electron chi connectivity index (χ0n) is 31.8. The average Bonchev–Trinajstić information content (AvgIpc) is 3.79. The van der Waals surface area contributed by atoms with Gasteiger partial charge in [-0.15, -0.1) is 10.2 Å². The summed E-state index contributed by atoms with van der Waals surface area (Å²) in [5.74, 6) is 1.72. The first-order valence-corrected chi connectivity index (χ1v) is 19.7. The van der Waals surface area contributed by atoms with Crippen LogP contribution in [-0.2, 0) is 0 Å². The number of aromatic nitrogens is 6. The molecule has 0 unspecified atom stereocenters. The lowest BCUT2D eigenvalue weighted by Crippen LogP contribution is -2.25. The van der Waals surface area contributed by atoms with Crippen molar-refractivity contribution >= 4 is 46.1 Å². The molecule has 282 valence electrons. The lowest BCUT2D eigenvalue weighted by atomic mass is 10.1. The van der Waals surface area contributed by atoms with E-state index in [0.29, 0.717) is 16.1 Å². The van der Waals surface area contributed by atoms with Crippen LogP contribution in [0.3, 0.4) is 0 Å². The van der Waals surface area contributed by atoms with Crippen molar-refractivity contribution in [3.63, 3.8) is 0 Å². The van der Waals surface area contributed by atoms with E-state index in [1.807, 2.05) is 94.2 Å². The molecule has 12 heteroatoms. The Bertz CT molecular complexity index is 2000. The molecule has 0 aliphatic heterocycles. The summed E-state index contributed by atoms with van der Waals surface area (Å²) in [4.78, 5) is 13.8. The van der Waals surface area contributed by atoms with Crippen LogP contribution in [0.5, 0.6) is 0 Å². The third-order valence-electron chi connectivity index (χ3n) is 9.47. The van der Waals surface area contributed by atoms with Crippen LogP contribution in [0.1, 0.15) is 60.3 Å². The molecule has 0 spiro atoms. The monoisotopic (exact) mass is 756 g/mol. The normalized spacial score (nSPS) is 12.0. The number of nitrogens with zero attached hydrogens (tertiary/aromatic N) is 8. The summed E-state index contributed by atoms with van der Waals surface area (Å²) in [6, 6.07) is 23.8. The van der Waals surface area contributed by atoms with Gasteiger partial charge in [-0.2, -0.15) is 0 Å². The Morgan fingerprint density at radius 2 is 1.15 bits per heavy atom. The molecule has 0 aliphatic carbocycles. The summed E-state index contributed by atoms with van der Waals surface area (Å²) in [5.41, 5.74) is 5.54. The molecule has 0 bridgehead atoms. The fourth-order valence-corrected chi connectivity index (χ4v) is 6.69. The minimum absolute atomic E-state index is 0.364. The molecule has 0 fully saturated rings. The van der Waals surface area contributed by atoms with E-state index < -0.39 is 0 Å². The van der Waals surface area contributed by atoms with E-state index in [2.05, 4.69) is 65.0 Å². The molecule has 6 aromatic rings. The van der Waals surface area contributed by atoms with Crippen molar-refractivity contribution in [3.8, 4) is 22.5 Å². The van der Waals surface area contributed by atoms with Crippen LogP contribution in [0.15, 0.2) is 85.2 Å². The summed E-state index contributed by atoms with van der Waals surface area (Å²) in [7, 11) is 0. The predicted octanol–water partition coefficient (Wildman–Crippen LogP) is 9.56. The van der Waals surface area contributed by atoms with Crippen molar-refractivity contribution in [2.24, 2.45) is 0 Å². The minimum Gasteiger partial charge on any atom is -0.369 e. The number of hydrogen-bond acceptors (Lipinski definition) is 8. The van der Waals surface area contributed by atoms with Crippen molar-refractivity contribution in [1.82, 2.24) is 39.0 Å². The quantitative estimate of drug-likeness (QED) is 0.0839. The molecule has 10 nitrogen and oxygen atoms in total. The number of hydrogen-bond donors (Lipinski definition) is 2. The fraction of sp³-hybridized carbons (Fsp3) is 0.415. The molecule has 6 rings (SSSR count). The summed E-state index contributed by atoms with van der Waals surface area (Å²) in [6.45, 7) is 18.7. The van der Waals surface area contributed by atoms with Gasteiger partial charge >= 0.3 is 0 Å². The summed E-state index contributed by atoms with van der Waals surface area (Å²) in [5, 5.41) is 17.8. The Hall–Kier alpha value is -4.22. The van der Waals surface area contributed by atoms with Gasteiger partial charge in [-0.1, -0.05) is 75.2 Å². The molecular formula is C41H54Cl2N10. The SMILES string of the molecule is CCN(CC)CCCCNc1ccc2ncc(-c3cccc(Cl)c3)n2n1.CCN(CC)CCC[C@@H](C)Nc1ccc2ncc(-c3cccc(Cl)c3)n2n1. The third kappa shape index (κ3) is 11.4. The van der Waals surface area contributed by atoms with Crippen LogP contribution in [0.2, 0.25) is 10.0 Å². The fourth-order valence-electron chi connectivity index (χ4n) is 6.31. The van der Waals surface area contributed by atoms with Crippen LogP contribution in [0.25, 0.3) is 33.8 Å². The van der Waals surface area contributed by atoms with Crippen LogP contribution in [-0.4, -0.2) is 90.9 Å². The molecule has 0 aliphatic rings. The van der Waals surface area contributed by atoms with E-state index in [0.717, 1.165) is 104 Å². The zero-order valence-corrected chi connectivity index (χ0v) is 33.3. The smallest absolute Gasteiger partial charge is 0.154 e. The maximum atomic E-state index is 6.14. The van der Waals surface area contributed by atoms with E-state index in [9.17, 15) is 0 Å². The minimum atomic E-state index is 0.364. The van der Waals surface area contributed by atoms with Gasteiger partial charge in [0.05, 0.1) is 23.8 Å². The first kappa shape index (κ1) is 40.0. The number of anilines is 2. The number of rotatable bonds is 18. The first-order chi connectivity index (χ1) is 25.8. The van der Waals surface area contributed by atoms with Gasteiger partial charge in [0.15, 0.2) is 11.3 Å². The zero-order chi connectivity index (χ0) is 37.6. The summed E-state index contributed by atoms with van der Waals surface area (Å²) in [6.07, 6.45) is 8.28. The lowest BCUT2D eigenvalue weighted by molar-refractivity contribution is 0.295. The number of imidazole rings is 2. The van der Waals surface area contributed by atoms with Crippen LogP contribution in [0.4, 0.5) is 11.6 Å².